The molecule has 5 nitrogen and oxygen atoms in total. The summed E-state index contributed by atoms with van der Waals surface area (Å²) in [6.07, 6.45) is 0. The molecule has 0 unspecified atom stereocenters. The van der Waals surface area contributed by atoms with Gasteiger partial charge < -0.3 is 9.73 Å². The van der Waals surface area contributed by atoms with Crippen LogP contribution in [0.4, 0.5) is 5.88 Å². The molecule has 0 fully saturated rings. The molecule has 0 aliphatic carbocycles. The summed E-state index contributed by atoms with van der Waals surface area (Å²) in [4.78, 5) is 9.90. The van der Waals surface area contributed by atoms with E-state index in [2.05, 4.69) is 11.4 Å². The molecular formula is C13H14N2O3. The van der Waals surface area contributed by atoms with E-state index in [0.29, 0.717) is 18.8 Å². The van der Waals surface area contributed by atoms with Crippen LogP contribution in [0, 0.1) is 17.0 Å². The van der Waals surface area contributed by atoms with Crippen LogP contribution in [0.2, 0.25) is 0 Å². The molecule has 1 N–H and O–H groups in total. The smallest absolute Gasteiger partial charge is 0.404 e. The maximum absolute atomic E-state index is 10.4. The SMILES string of the molecule is Cc1cccc(CNCc2ccc([N+](=O)[O-])o2)c1. The fraction of sp³-hybridized carbons (Fsp3) is 0.231. The van der Waals surface area contributed by atoms with E-state index < -0.39 is 4.92 Å². The van der Waals surface area contributed by atoms with Crippen LogP contribution in [0.5, 0.6) is 0 Å². The highest BCUT2D eigenvalue weighted by Gasteiger charge is 2.10. The first-order valence-electron chi connectivity index (χ1n) is 5.64. The summed E-state index contributed by atoms with van der Waals surface area (Å²) in [7, 11) is 0. The number of hydrogen-bond acceptors (Lipinski definition) is 4. The number of hydrogen-bond donors (Lipinski definition) is 1. The van der Waals surface area contributed by atoms with Gasteiger partial charge in [0.25, 0.3) is 0 Å². The molecule has 0 amide bonds. The maximum Gasteiger partial charge on any atom is 0.433 e. The first kappa shape index (κ1) is 12.3. The molecule has 94 valence electrons. The highest BCUT2D eigenvalue weighted by atomic mass is 16.6. The summed E-state index contributed by atoms with van der Waals surface area (Å²) in [6, 6.07) is 11.1. The van der Waals surface area contributed by atoms with E-state index in [1.807, 2.05) is 25.1 Å². The molecule has 0 saturated carbocycles. The average Bonchev–Trinajstić information content (AvgIpc) is 2.78. The molecule has 5 heteroatoms. The van der Waals surface area contributed by atoms with Crippen molar-refractivity contribution in [1.29, 1.82) is 0 Å². The highest BCUT2D eigenvalue weighted by molar-refractivity contribution is 5.22. The third-order valence-corrected chi connectivity index (χ3v) is 2.54. The van der Waals surface area contributed by atoms with Gasteiger partial charge in [-0.1, -0.05) is 29.8 Å². The lowest BCUT2D eigenvalue weighted by molar-refractivity contribution is -0.402. The zero-order valence-corrected chi connectivity index (χ0v) is 10.1. The molecule has 0 spiro atoms. The van der Waals surface area contributed by atoms with Crippen LogP contribution in [-0.2, 0) is 13.1 Å². The van der Waals surface area contributed by atoms with Crippen LogP contribution in [0.1, 0.15) is 16.9 Å². The van der Waals surface area contributed by atoms with Crippen molar-refractivity contribution in [3.8, 4) is 0 Å². The molecule has 0 bridgehead atoms. The Morgan fingerprint density at radius 3 is 2.78 bits per heavy atom. The fourth-order valence-electron chi connectivity index (χ4n) is 1.71. The van der Waals surface area contributed by atoms with E-state index in [1.54, 1.807) is 6.07 Å². The molecule has 1 heterocycles. The zero-order chi connectivity index (χ0) is 13.0. The molecule has 0 aliphatic rings. The summed E-state index contributed by atoms with van der Waals surface area (Å²) < 4.78 is 5.05. The van der Waals surface area contributed by atoms with E-state index in [-0.39, 0.29) is 5.88 Å². The van der Waals surface area contributed by atoms with Crippen LogP contribution in [-0.4, -0.2) is 4.92 Å². The third kappa shape index (κ3) is 3.18. The zero-order valence-electron chi connectivity index (χ0n) is 10.1. The molecule has 0 atom stereocenters. The normalized spacial score (nSPS) is 10.5. The van der Waals surface area contributed by atoms with Gasteiger partial charge in [-0.25, -0.2) is 0 Å². The Bertz CT molecular complexity index is 549. The second kappa shape index (κ2) is 5.46. The van der Waals surface area contributed by atoms with Gasteiger partial charge >= 0.3 is 5.88 Å². The van der Waals surface area contributed by atoms with Crippen molar-refractivity contribution in [2.24, 2.45) is 0 Å². The second-order valence-corrected chi connectivity index (χ2v) is 4.09. The van der Waals surface area contributed by atoms with Crippen LogP contribution in [0.25, 0.3) is 0 Å². The minimum absolute atomic E-state index is 0.220. The summed E-state index contributed by atoms with van der Waals surface area (Å²) in [5, 5.41) is 13.6. The number of aryl methyl sites for hydroxylation is 1. The lowest BCUT2D eigenvalue weighted by Crippen LogP contribution is -2.12. The lowest BCUT2D eigenvalue weighted by Gasteiger charge is -2.03. The van der Waals surface area contributed by atoms with E-state index in [4.69, 9.17) is 4.42 Å². The molecule has 1 aromatic heterocycles. The Hall–Kier alpha value is -2.14. The van der Waals surface area contributed by atoms with Gasteiger partial charge in [0, 0.05) is 6.54 Å². The summed E-state index contributed by atoms with van der Waals surface area (Å²) in [6.45, 7) is 3.22. The van der Waals surface area contributed by atoms with Gasteiger partial charge in [0.05, 0.1) is 12.6 Å². The van der Waals surface area contributed by atoms with Gasteiger partial charge in [0.15, 0.2) is 0 Å². The van der Waals surface area contributed by atoms with Crippen molar-refractivity contribution in [3.05, 3.63) is 63.4 Å². The van der Waals surface area contributed by atoms with Gasteiger partial charge in [0.1, 0.15) is 10.7 Å². The maximum atomic E-state index is 10.4. The van der Waals surface area contributed by atoms with E-state index >= 15 is 0 Å². The number of furan rings is 1. The number of nitrogens with zero attached hydrogens (tertiary/aromatic N) is 1. The molecule has 18 heavy (non-hydrogen) atoms. The molecular weight excluding hydrogens is 232 g/mol. The molecule has 0 radical (unpaired) electrons. The fourth-order valence-corrected chi connectivity index (χ4v) is 1.71. The first-order chi connectivity index (χ1) is 8.65. The quantitative estimate of drug-likeness (QED) is 0.650. The van der Waals surface area contributed by atoms with Gasteiger partial charge in [-0.15, -0.1) is 0 Å². The van der Waals surface area contributed by atoms with E-state index in [9.17, 15) is 10.1 Å². The largest absolute Gasteiger partial charge is 0.433 e. The average molecular weight is 246 g/mol. The van der Waals surface area contributed by atoms with Gasteiger partial charge in [-0.3, -0.25) is 10.1 Å². The molecule has 1 aromatic carbocycles. The second-order valence-electron chi connectivity index (χ2n) is 4.09. The Kier molecular flexibility index (Phi) is 3.74. The lowest BCUT2D eigenvalue weighted by atomic mass is 10.1. The predicted octanol–water partition coefficient (Wildman–Crippen LogP) is 2.79. The van der Waals surface area contributed by atoms with Crippen LogP contribution in [0.3, 0.4) is 0 Å². The molecule has 0 aliphatic heterocycles. The number of rotatable bonds is 5. The number of nitrogens with one attached hydrogen (secondary N) is 1. The van der Waals surface area contributed by atoms with Crippen LogP contribution < -0.4 is 5.32 Å². The van der Waals surface area contributed by atoms with Crippen molar-refractivity contribution >= 4 is 5.88 Å². The summed E-state index contributed by atoms with van der Waals surface area (Å²) >= 11 is 0. The first-order valence-corrected chi connectivity index (χ1v) is 5.64. The monoisotopic (exact) mass is 246 g/mol. The minimum Gasteiger partial charge on any atom is -0.404 e. The van der Waals surface area contributed by atoms with Crippen molar-refractivity contribution in [2.45, 2.75) is 20.0 Å². The third-order valence-electron chi connectivity index (χ3n) is 2.54. The summed E-state index contributed by atoms with van der Waals surface area (Å²) in [5.74, 6) is 0.344. The Balaban J connectivity index is 1.86. The van der Waals surface area contributed by atoms with Gasteiger partial charge in [-0.05, 0) is 18.6 Å². The number of benzene rings is 1. The molecule has 2 aromatic rings. The van der Waals surface area contributed by atoms with Crippen molar-refractivity contribution in [3.63, 3.8) is 0 Å². The topological polar surface area (TPSA) is 68.3 Å². The van der Waals surface area contributed by atoms with E-state index in [0.717, 1.165) is 0 Å². The minimum atomic E-state index is -0.538. The van der Waals surface area contributed by atoms with Crippen LogP contribution in [0.15, 0.2) is 40.8 Å². The van der Waals surface area contributed by atoms with Crippen molar-refractivity contribution in [1.82, 2.24) is 5.32 Å². The van der Waals surface area contributed by atoms with Gasteiger partial charge in [-0.2, -0.15) is 0 Å². The van der Waals surface area contributed by atoms with E-state index in [1.165, 1.54) is 17.2 Å². The Morgan fingerprint density at radius 1 is 1.28 bits per heavy atom. The van der Waals surface area contributed by atoms with Crippen LogP contribution >= 0.6 is 0 Å². The predicted molar refractivity (Wildman–Crippen MR) is 67.1 cm³/mol. The highest BCUT2D eigenvalue weighted by Crippen LogP contribution is 2.15. The van der Waals surface area contributed by atoms with Crippen molar-refractivity contribution < 1.29 is 9.34 Å². The molecule has 0 saturated heterocycles. The standard InChI is InChI=1S/C13H14N2O3/c1-10-3-2-4-11(7-10)8-14-9-12-5-6-13(18-12)15(16)17/h2-7,14H,8-9H2,1H3. The molecule has 2 rings (SSSR count). The summed E-state index contributed by atoms with van der Waals surface area (Å²) in [5.41, 5.74) is 2.39. The number of nitro groups is 1. The van der Waals surface area contributed by atoms with Crippen molar-refractivity contribution in [2.75, 3.05) is 0 Å². The Labute approximate surface area is 105 Å². The Morgan fingerprint density at radius 2 is 2.11 bits per heavy atom. The van der Waals surface area contributed by atoms with Gasteiger partial charge in [0.2, 0.25) is 0 Å².